The van der Waals surface area contributed by atoms with E-state index >= 15 is 0 Å². The number of nitrogens with zero attached hydrogens (tertiary/aromatic N) is 3. The highest BCUT2D eigenvalue weighted by molar-refractivity contribution is 9.10. The normalized spacial score (nSPS) is 12.1. The second-order valence-electron chi connectivity index (χ2n) is 3.10. The van der Waals surface area contributed by atoms with Gasteiger partial charge in [0.1, 0.15) is 5.69 Å². The van der Waals surface area contributed by atoms with Crippen molar-refractivity contribution in [2.45, 2.75) is 6.18 Å². The summed E-state index contributed by atoms with van der Waals surface area (Å²) in [6.07, 6.45) is -3.00. The molecule has 16 heavy (non-hydrogen) atoms. The third-order valence-electron chi connectivity index (χ3n) is 2.01. The van der Waals surface area contributed by atoms with Crippen LogP contribution in [0.3, 0.4) is 0 Å². The van der Waals surface area contributed by atoms with E-state index in [0.29, 0.717) is 5.69 Å². The molecule has 0 fully saturated rings. The molecule has 0 saturated heterocycles. The molecule has 0 saturated carbocycles. The van der Waals surface area contributed by atoms with Crippen LogP contribution in [-0.4, -0.2) is 20.0 Å². The zero-order valence-electron chi connectivity index (χ0n) is 8.01. The molecule has 0 spiro atoms. The summed E-state index contributed by atoms with van der Waals surface area (Å²) in [4.78, 5) is 0. The second-order valence-corrected chi connectivity index (χ2v) is 3.90. The van der Waals surface area contributed by atoms with Crippen LogP contribution in [-0.2, 0) is 13.2 Å². The highest BCUT2D eigenvalue weighted by Gasteiger charge is 2.38. The average Bonchev–Trinajstić information content (AvgIpc) is 2.71. The smallest absolute Gasteiger partial charge is 0.276 e. The van der Waals surface area contributed by atoms with Gasteiger partial charge in [0.25, 0.3) is 0 Å². The molecule has 1 N–H and O–H groups in total. The van der Waals surface area contributed by atoms with Crippen LogP contribution < -0.4 is 0 Å². The molecule has 4 nitrogen and oxygen atoms in total. The Kier molecular flexibility index (Phi) is 2.53. The standard InChI is InChI=1S/C8H6BrF3N4/c1-16-7(8(10,11)12)5(9)6(15-16)4-2-3-13-14-4/h2-3H,1H3,(H,13,14). The van der Waals surface area contributed by atoms with Crippen molar-refractivity contribution < 1.29 is 13.2 Å². The predicted molar refractivity (Wildman–Crippen MR) is 53.5 cm³/mol. The minimum atomic E-state index is -4.45. The van der Waals surface area contributed by atoms with Crippen molar-refractivity contribution >= 4 is 15.9 Å². The van der Waals surface area contributed by atoms with Gasteiger partial charge in [0, 0.05) is 13.2 Å². The van der Waals surface area contributed by atoms with Crippen molar-refractivity contribution in [2.24, 2.45) is 7.05 Å². The van der Waals surface area contributed by atoms with Crippen LogP contribution in [0.4, 0.5) is 13.2 Å². The van der Waals surface area contributed by atoms with Gasteiger partial charge < -0.3 is 0 Å². The van der Waals surface area contributed by atoms with Gasteiger partial charge in [-0.1, -0.05) is 0 Å². The van der Waals surface area contributed by atoms with Crippen molar-refractivity contribution in [2.75, 3.05) is 0 Å². The van der Waals surface area contributed by atoms with E-state index in [4.69, 9.17) is 0 Å². The van der Waals surface area contributed by atoms with Crippen molar-refractivity contribution in [3.05, 3.63) is 22.4 Å². The minimum Gasteiger partial charge on any atom is -0.276 e. The molecule has 2 aromatic rings. The third-order valence-corrected chi connectivity index (χ3v) is 2.76. The number of hydrogen-bond donors (Lipinski definition) is 1. The molecule has 0 aromatic carbocycles. The van der Waals surface area contributed by atoms with Crippen molar-refractivity contribution in [3.8, 4) is 11.4 Å². The van der Waals surface area contributed by atoms with Gasteiger partial charge in [-0.05, 0) is 22.0 Å². The number of aromatic amines is 1. The number of nitrogens with one attached hydrogen (secondary N) is 1. The molecule has 0 bridgehead atoms. The van der Waals surface area contributed by atoms with Crippen LogP contribution in [0.15, 0.2) is 16.7 Å². The van der Waals surface area contributed by atoms with E-state index in [9.17, 15) is 13.2 Å². The van der Waals surface area contributed by atoms with Crippen molar-refractivity contribution in [1.29, 1.82) is 0 Å². The van der Waals surface area contributed by atoms with E-state index in [-0.39, 0.29) is 10.2 Å². The lowest BCUT2D eigenvalue weighted by Gasteiger charge is -2.06. The Labute approximate surface area is 96.6 Å². The molecular weight excluding hydrogens is 289 g/mol. The number of aromatic nitrogens is 4. The Morgan fingerprint density at radius 2 is 2.12 bits per heavy atom. The summed E-state index contributed by atoms with van der Waals surface area (Å²) in [5, 5.41) is 10.0. The van der Waals surface area contributed by atoms with Gasteiger partial charge in [0.05, 0.1) is 10.2 Å². The fourth-order valence-corrected chi connectivity index (χ4v) is 2.14. The molecular formula is C8H6BrF3N4. The van der Waals surface area contributed by atoms with E-state index in [1.54, 1.807) is 6.07 Å². The zero-order chi connectivity index (χ0) is 11.9. The van der Waals surface area contributed by atoms with Crippen molar-refractivity contribution in [1.82, 2.24) is 20.0 Å². The average molecular weight is 295 g/mol. The molecule has 2 aromatic heterocycles. The van der Waals surface area contributed by atoms with Crippen LogP contribution in [0.2, 0.25) is 0 Å². The quantitative estimate of drug-likeness (QED) is 0.879. The van der Waals surface area contributed by atoms with Crippen LogP contribution in [0.5, 0.6) is 0 Å². The summed E-state index contributed by atoms with van der Waals surface area (Å²) < 4.78 is 38.6. The summed E-state index contributed by atoms with van der Waals surface area (Å²) >= 11 is 2.91. The number of alkyl halides is 3. The SMILES string of the molecule is Cn1nc(-c2ccn[nH]2)c(Br)c1C(F)(F)F. The predicted octanol–water partition coefficient (Wildman–Crippen LogP) is 2.59. The Hall–Kier alpha value is -1.31. The number of H-pyrrole nitrogens is 1. The fraction of sp³-hybridized carbons (Fsp3) is 0.250. The van der Waals surface area contributed by atoms with Crippen LogP contribution in [0, 0.1) is 0 Å². The first kappa shape index (κ1) is 11.2. The van der Waals surface area contributed by atoms with Gasteiger partial charge in [-0.15, -0.1) is 0 Å². The molecule has 0 aliphatic carbocycles. The lowest BCUT2D eigenvalue weighted by Crippen LogP contribution is -2.12. The lowest BCUT2D eigenvalue weighted by atomic mass is 10.3. The first-order valence-electron chi connectivity index (χ1n) is 4.20. The number of hydrogen-bond acceptors (Lipinski definition) is 2. The maximum atomic E-state index is 12.6. The van der Waals surface area contributed by atoms with Crippen LogP contribution in [0.1, 0.15) is 5.69 Å². The largest absolute Gasteiger partial charge is 0.434 e. The third kappa shape index (κ3) is 1.73. The Morgan fingerprint density at radius 1 is 1.44 bits per heavy atom. The Bertz CT molecular complexity index is 500. The first-order valence-corrected chi connectivity index (χ1v) is 5.00. The number of rotatable bonds is 1. The zero-order valence-corrected chi connectivity index (χ0v) is 9.59. The molecule has 2 rings (SSSR count). The molecule has 8 heteroatoms. The summed E-state index contributed by atoms with van der Waals surface area (Å²) in [5.74, 6) is 0. The van der Waals surface area contributed by atoms with E-state index in [1.165, 1.54) is 13.2 Å². The highest BCUT2D eigenvalue weighted by atomic mass is 79.9. The lowest BCUT2D eigenvalue weighted by molar-refractivity contribution is -0.144. The maximum absolute atomic E-state index is 12.6. The van der Waals surface area contributed by atoms with E-state index in [0.717, 1.165) is 4.68 Å². The molecule has 86 valence electrons. The van der Waals surface area contributed by atoms with Crippen molar-refractivity contribution in [3.63, 3.8) is 0 Å². The van der Waals surface area contributed by atoms with E-state index in [1.807, 2.05) is 0 Å². The van der Waals surface area contributed by atoms with E-state index in [2.05, 4.69) is 31.2 Å². The topological polar surface area (TPSA) is 46.5 Å². The fourth-order valence-electron chi connectivity index (χ4n) is 1.37. The molecule has 0 amide bonds. The Balaban J connectivity index is 2.60. The van der Waals surface area contributed by atoms with Gasteiger partial charge in [0.15, 0.2) is 5.69 Å². The molecule has 0 radical (unpaired) electrons. The first-order chi connectivity index (χ1) is 7.41. The van der Waals surface area contributed by atoms with Gasteiger partial charge in [-0.3, -0.25) is 9.78 Å². The maximum Gasteiger partial charge on any atom is 0.434 e. The van der Waals surface area contributed by atoms with Gasteiger partial charge >= 0.3 is 6.18 Å². The summed E-state index contributed by atoms with van der Waals surface area (Å²) in [5.41, 5.74) is -0.206. The van der Waals surface area contributed by atoms with Gasteiger partial charge in [-0.2, -0.15) is 23.4 Å². The Morgan fingerprint density at radius 3 is 2.56 bits per heavy atom. The van der Waals surface area contributed by atoms with E-state index < -0.39 is 11.9 Å². The summed E-state index contributed by atoms with van der Waals surface area (Å²) in [7, 11) is 1.24. The summed E-state index contributed by atoms with van der Waals surface area (Å²) in [6, 6.07) is 1.55. The molecule has 0 unspecified atom stereocenters. The molecule has 0 aliphatic rings. The molecule has 0 aliphatic heterocycles. The monoisotopic (exact) mass is 294 g/mol. The molecule has 2 heterocycles. The highest BCUT2D eigenvalue weighted by Crippen LogP contribution is 2.38. The van der Waals surface area contributed by atoms with Crippen LogP contribution in [0.25, 0.3) is 11.4 Å². The number of aryl methyl sites for hydroxylation is 1. The minimum absolute atomic E-state index is 0.0910. The van der Waals surface area contributed by atoms with Gasteiger partial charge in [0.2, 0.25) is 0 Å². The van der Waals surface area contributed by atoms with Crippen LogP contribution >= 0.6 is 15.9 Å². The molecule has 0 atom stereocenters. The summed E-state index contributed by atoms with van der Waals surface area (Å²) in [6.45, 7) is 0. The number of halogens is 4. The second kappa shape index (κ2) is 3.62. The van der Waals surface area contributed by atoms with Gasteiger partial charge in [-0.25, -0.2) is 0 Å².